The Morgan fingerprint density at radius 3 is 2.67 bits per heavy atom. The number of aliphatic hydroxyl groups excluding tert-OH is 1. The molecule has 2 heteroatoms. The van der Waals surface area contributed by atoms with Gasteiger partial charge < -0.3 is 9.84 Å². The van der Waals surface area contributed by atoms with Crippen LogP contribution in [0.15, 0.2) is 24.3 Å². The van der Waals surface area contributed by atoms with Crippen molar-refractivity contribution in [3.63, 3.8) is 0 Å². The highest BCUT2D eigenvalue weighted by Gasteiger charge is 2.12. The monoisotopic (exact) mass is 250 g/mol. The lowest BCUT2D eigenvalue weighted by atomic mass is 9.95. The molecule has 0 aliphatic rings. The zero-order valence-electron chi connectivity index (χ0n) is 11.9. The van der Waals surface area contributed by atoms with Crippen LogP contribution < -0.4 is 4.74 Å². The maximum atomic E-state index is 10.2. The van der Waals surface area contributed by atoms with Crippen molar-refractivity contribution in [3.05, 3.63) is 29.8 Å². The summed E-state index contributed by atoms with van der Waals surface area (Å²) >= 11 is 0. The molecule has 1 rings (SSSR count). The molecule has 0 radical (unpaired) electrons. The first-order chi connectivity index (χ1) is 8.67. The Labute approximate surface area is 111 Å². The van der Waals surface area contributed by atoms with Crippen LogP contribution in [-0.2, 0) is 0 Å². The molecule has 0 aliphatic heterocycles. The van der Waals surface area contributed by atoms with E-state index in [-0.39, 0.29) is 6.10 Å². The minimum atomic E-state index is -0.378. The molecule has 1 aromatic rings. The second-order valence-corrected chi connectivity index (χ2v) is 5.07. The molecule has 0 saturated heterocycles. The predicted molar refractivity (Wildman–Crippen MR) is 75.9 cm³/mol. The molecular weight excluding hydrogens is 224 g/mol. The molecule has 18 heavy (non-hydrogen) atoms. The summed E-state index contributed by atoms with van der Waals surface area (Å²) in [6, 6.07) is 7.83. The van der Waals surface area contributed by atoms with Gasteiger partial charge in [0.2, 0.25) is 0 Å². The van der Waals surface area contributed by atoms with Gasteiger partial charge in [-0.05, 0) is 36.5 Å². The van der Waals surface area contributed by atoms with Gasteiger partial charge in [0.25, 0.3) is 0 Å². The lowest BCUT2D eigenvalue weighted by Crippen LogP contribution is -2.05. The summed E-state index contributed by atoms with van der Waals surface area (Å²) in [7, 11) is 0. The fourth-order valence-corrected chi connectivity index (χ4v) is 2.16. The van der Waals surface area contributed by atoms with Crippen molar-refractivity contribution in [2.75, 3.05) is 6.61 Å². The number of rotatable bonds is 8. The van der Waals surface area contributed by atoms with Crippen LogP contribution in [0.4, 0.5) is 0 Å². The Morgan fingerprint density at radius 2 is 2.00 bits per heavy atom. The van der Waals surface area contributed by atoms with Crippen molar-refractivity contribution in [2.45, 2.75) is 52.6 Å². The van der Waals surface area contributed by atoms with Gasteiger partial charge in [-0.25, -0.2) is 0 Å². The van der Waals surface area contributed by atoms with Gasteiger partial charge in [0, 0.05) is 0 Å². The van der Waals surface area contributed by atoms with E-state index in [1.165, 1.54) is 12.8 Å². The van der Waals surface area contributed by atoms with Gasteiger partial charge in [-0.15, -0.1) is 0 Å². The Hall–Kier alpha value is -1.02. The van der Waals surface area contributed by atoms with Crippen LogP contribution in [-0.4, -0.2) is 11.7 Å². The quantitative estimate of drug-likeness (QED) is 0.744. The van der Waals surface area contributed by atoms with E-state index in [2.05, 4.69) is 20.8 Å². The van der Waals surface area contributed by atoms with Crippen molar-refractivity contribution in [1.82, 2.24) is 0 Å². The third-order valence-corrected chi connectivity index (χ3v) is 3.12. The number of benzene rings is 1. The minimum absolute atomic E-state index is 0.378. The smallest absolute Gasteiger partial charge is 0.119 e. The average Bonchev–Trinajstić information content (AvgIpc) is 2.37. The summed E-state index contributed by atoms with van der Waals surface area (Å²) in [4.78, 5) is 0. The Kier molecular flexibility index (Phi) is 6.81. The molecule has 0 spiro atoms. The number of hydrogen-bond acceptors (Lipinski definition) is 2. The maximum Gasteiger partial charge on any atom is 0.119 e. The van der Waals surface area contributed by atoms with Crippen molar-refractivity contribution in [3.8, 4) is 5.75 Å². The lowest BCUT2D eigenvalue weighted by Gasteiger charge is -2.17. The second-order valence-electron chi connectivity index (χ2n) is 5.07. The molecule has 0 aromatic heterocycles. The molecule has 0 fully saturated rings. The van der Waals surface area contributed by atoms with Crippen molar-refractivity contribution >= 4 is 0 Å². The maximum absolute atomic E-state index is 10.2. The molecule has 0 bridgehead atoms. The molecule has 102 valence electrons. The van der Waals surface area contributed by atoms with Crippen LogP contribution in [0.1, 0.15) is 58.1 Å². The molecule has 0 aliphatic carbocycles. The molecule has 1 aromatic carbocycles. The van der Waals surface area contributed by atoms with Gasteiger partial charge in [-0.1, -0.05) is 45.7 Å². The topological polar surface area (TPSA) is 29.5 Å². The summed E-state index contributed by atoms with van der Waals surface area (Å²) < 4.78 is 5.59. The highest BCUT2D eigenvalue weighted by molar-refractivity contribution is 5.29. The highest BCUT2D eigenvalue weighted by atomic mass is 16.5. The summed E-state index contributed by atoms with van der Waals surface area (Å²) in [6.07, 6.45) is 3.79. The van der Waals surface area contributed by atoms with E-state index in [0.29, 0.717) is 5.92 Å². The van der Waals surface area contributed by atoms with Gasteiger partial charge in [0.1, 0.15) is 5.75 Å². The largest absolute Gasteiger partial charge is 0.494 e. The average molecular weight is 250 g/mol. The molecule has 0 amide bonds. The predicted octanol–water partition coefficient (Wildman–Crippen LogP) is 4.34. The van der Waals surface area contributed by atoms with E-state index in [1.807, 2.05) is 24.3 Å². The fourth-order valence-electron chi connectivity index (χ4n) is 2.16. The first-order valence-corrected chi connectivity index (χ1v) is 7.08. The van der Waals surface area contributed by atoms with Crippen LogP contribution in [0.25, 0.3) is 0 Å². The SMILES string of the molecule is CCCOc1cccc(C(O)CC(C)CCC)c1. The van der Waals surface area contributed by atoms with Crippen LogP contribution in [0.2, 0.25) is 0 Å². The first-order valence-electron chi connectivity index (χ1n) is 7.08. The number of aliphatic hydroxyl groups is 1. The second kappa shape index (κ2) is 8.15. The third kappa shape index (κ3) is 5.09. The van der Waals surface area contributed by atoms with E-state index >= 15 is 0 Å². The van der Waals surface area contributed by atoms with E-state index < -0.39 is 0 Å². The standard InChI is InChI=1S/C16H26O2/c1-4-7-13(3)11-16(17)14-8-6-9-15(12-14)18-10-5-2/h6,8-9,12-13,16-17H,4-5,7,10-11H2,1-3H3. The highest BCUT2D eigenvalue weighted by Crippen LogP contribution is 2.26. The van der Waals surface area contributed by atoms with Gasteiger partial charge in [-0.2, -0.15) is 0 Å². The minimum Gasteiger partial charge on any atom is -0.494 e. The van der Waals surface area contributed by atoms with E-state index in [1.54, 1.807) is 0 Å². The fraction of sp³-hybridized carbons (Fsp3) is 0.625. The molecule has 0 saturated carbocycles. The molecular formula is C16H26O2. The zero-order chi connectivity index (χ0) is 13.4. The zero-order valence-corrected chi connectivity index (χ0v) is 11.9. The summed E-state index contributed by atoms with van der Waals surface area (Å²) in [6.45, 7) is 7.20. The van der Waals surface area contributed by atoms with Crippen molar-refractivity contribution in [2.24, 2.45) is 5.92 Å². The van der Waals surface area contributed by atoms with Crippen molar-refractivity contribution in [1.29, 1.82) is 0 Å². The van der Waals surface area contributed by atoms with E-state index in [0.717, 1.165) is 30.8 Å². The van der Waals surface area contributed by atoms with E-state index in [9.17, 15) is 5.11 Å². The molecule has 2 atom stereocenters. The van der Waals surface area contributed by atoms with Crippen LogP contribution in [0.5, 0.6) is 5.75 Å². The molecule has 2 unspecified atom stereocenters. The first kappa shape index (κ1) is 15.0. The van der Waals surface area contributed by atoms with Gasteiger partial charge in [0.15, 0.2) is 0 Å². The Balaban J connectivity index is 2.58. The van der Waals surface area contributed by atoms with Crippen LogP contribution in [0.3, 0.4) is 0 Å². The number of hydrogen-bond donors (Lipinski definition) is 1. The Morgan fingerprint density at radius 1 is 1.22 bits per heavy atom. The summed E-state index contributed by atoms with van der Waals surface area (Å²) in [5, 5.41) is 10.2. The summed E-state index contributed by atoms with van der Waals surface area (Å²) in [5.74, 6) is 1.42. The van der Waals surface area contributed by atoms with Crippen molar-refractivity contribution < 1.29 is 9.84 Å². The van der Waals surface area contributed by atoms with Crippen LogP contribution >= 0.6 is 0 Å². The van der Waals surface area contributed by atoms with E-state index in [4.69, 9.17) is 4.74 Å². The van der Waals surface area contributed by atoms with Gasteiger partial charge in [0.05, 0.1) is 12.7 Å². The summed E-state index contributed by atoms with van der Waals surface area (Å²) in [5.41, 5.74) is 0.964. The third-order valence-electron chi connectivity index (χ3n) is 3.12. The van der Waals surface area contributed by atoms with Gasteiger partial charge in [-0.3, -0.25) is 0 Å². The van der Waals surface area contributed by atoms with Gasteiger partial charge >= 0.3 is 0 Å². The van der Waals surface area contributed by atoms with Crippen LogP contribution in [0, 0.1) is 5.92 Å². The molecule has 2 nitrogen and oxygen atoms in total. The lowest BCUT2D eigenvalue weighted by molar-refractivity contribution is 0.144. The number of ether oxygens (including phenoxy) is 1. The molecule has 1 N–H and O–H groups in total. The Bertz CT molecular complexity index is 336. The molecule has 0 heterocycles. The normalized spacial score (nSPS) is 14.2.